The molecule has 0 unspecified atom stereocenters. The molecule has 7 heteroatoms. The van der Waals surface area contributed by atoms with Crippen LogP contribution < -0.4 is 0 Å². The summed E-state index contributed by atoms with van der Waals surface area (Å²) in [5, 5.41) is 8.45. The average Bonchev–Trinajstić information content (AvgIpc) is 2.19. The van der Waals surface area contributed by atoms with E-state index in [1.54, 1.807) is 0 Å². The van der Waals surface area contributed by atoms with Gasteiger partial charge < -0.3 is 5.11 Å². The van der Waals surface area contributed by atoms with Crippen LogP contribution in [0.1, 0.15) is 23.4 Å². The number of rotatable bonds is 4. The third-order valence-electron chi connectivity index (χ3n) is 1.80. The number of hydrogen-bond donors (Lipinski definition) is 1. The summed E-state index contributed by atoms with van der Waals surface area (Å²) in [7, 11) is 0. The summed E-state index contributed by atoms with van der Waals surface area (Å²) in [6, 6.07) is 0.778. The fourth-order valence-corrected chi connectivity index (χ4v) is 1.53. The van der Waals surface area contributed by atoms with E-state index < -0.39 is 30.2 Å². The fourth-order valence-electron chi connectivity index (χ4n) is 1.16. The van der Waals surface area contributed by atoms with E-state index in [-0.39, 0.29) is 16.7 Å². The van der Waals surface area contributed by atoms with Gasteiger partial charge in [0.25, 0.3) is 6.43 Å². The predicted octanol–water partition coefficient (Wildman–Crippen LogP) is 2.68. The van der Waals surface area contributed by atoms with Gasteiger partial charge in [-0.2, -0.15) is 0 Å². The topological polar surface area (TPSA) is 50.2 Å². The average molecular weight is 298 g/mol. The van der Waals surface area contributed by atoms with Crippen molar-refractivity contribution in [2.45, 2.75) is 18.2 Å². The zero-order valence-corrected chi connectivity index (χ0v) is 9.47. The number of carboxylic acid groups (broad SMARTS) is 1. The van der Waals surface area contributed by atoms with Crippen molar-refractivity contribution in [1.29, 1.82) is 0 Å². The molecular formula is C9H7BrF3NO2. The summed E-state index contributed by atoms with van der Waals surface area (Å²) >= 11 is 2.90. The number of carbonyl (C=O) groups is 1. The first-order valence-corrected chi connectivity index (χ1v) is 5.32. The first-order valence-electron chi connectivity index (χ1n) is 4.19. The standard InChI is InChI=1S/C9H7BrF3NO2/c10-3-6-8(11)5(9(12)13)1-4(14-6)2-7(15)16/h1,9H,2-3H2,(H,15,16). The number of carboxylic acids is 1. The Hall–Kier alpha value is -1.11. The van der Waals surface area contributed by atoms with Crippen LogP contribution >= 0.6 is 15.9 Å². The van der Waals surface area contributed by atoms with Crippen LogP contribution in [-0.4, -0.2) is 16.1 Å². The molecule has 0 saturated heterocycles. The lowest BCUT2D eigenvalue weighted by atomic mass is 10.1. The van der Waals surface area contributed by atoms with Crippen molar-refractivity contribution in [3.63, 3.8) is 0 Å². The lowest BCUT2D eigenvalue weighted by Gasteiger charge is -2.07. The number of halogens is 4. The maximum Gasteiger partial charge on any atom is 0.309 e. The Kier molecular flexibility index (Phi) is 4.28. The van der Waals surface area contributed by atoms with Crippen LogP contribution in [0.3, 0.4) is 0 Å². The molecule has 88 valence electrons. The highest BCUT2D eigenvalue weighted by Gasteiger charge is 2.19. The molecule has 0 fully saturated rings. The van der Waals surface area contributed by atoms with E-state index in [4.69, 9.17) is 5.11 Å². The molecule has 1 aromatic rings. The number of aromatic nitrogens is 1. The molecule has 3 nitrogen and oxygen atoms in total. The van der Waals surface area contributed by atoms with Crippen molar-refractivity contribution in [3.05, 3.63) is 28.8 Å². The highest BCUT2D eigenvalue weighted by atomic mass is 79.9. The number of nitrogens with zero attached hydrogens (tertiary/aromatic N) is 1. The maximum atomic E-state index is 13.3. The minimum atomic E-state index is -2.99. The summed E-state index contributed by atoms with van der Waals surface area (Å²) in [4.78, 5) is 14.0. The molecule has 0 amide bonds. The SMILES string of the molecule is O=C(O)Cc1cc(C(F)F)c(F)c(CBr)n1. The van der Waals surface area contributed by atoms with E-state index in [1.807, 2.05) is 0 Å². The quantitative estimate of drug-likeness (QED) is 0.869. The molecule has 0 saturated carbocycles. The second-order valence-electron chi connectivity index (χ2n) is 2.97. The van der Waals surface area contributed by atoms with Gasteiger partial charge in [-0.1, -0.05) is 15.9 Å². The van der Waals surface area contributed by atoms with Gasteiger partial charge in [-0.05, 0) is 6.07 Å². The van der Waals surface area contributed by atoms with Crippen LogP contribution in [0, 0.1) is 5.82 Å². The largest absolute Gasteiger partial charge is 0.481 e. The minimum Gasteiger partial charge on any atom is -0.481 e. The van der Waals surface area contributed by atoms with E-state index in [0.29, 0.717) is 0 Å². The van der Waals surface area contributed by atoms with Gasteiger partial charge in [0.2, 0.25) is 0 Å². The molecule has 0 atom stereocenters. The van der Waals surface area contributed by atoms with Gasteiger partial charge in [0.05, 0.1) is 23.4 Å². The zero-order valence-electron chi connectivity index (χ0n) is 7.88. The third kappa shape index (κ3) is 2.94. The van der Waals surface area contributed by atoms with Crippen molar-refractivity contribution in [2.75, 3.05) is 0 Å². The molecule has 0 spiro atoms. The van der Waals surface area contributed by atoms with Crippen LogP contribution in [0.4, 0.5) is 13.2 Å². The lowest BCUT2D eigenvalue weighted by molar-refractivity contribution is -0.136. The van der Waals surface area contributed by atoms with Crippen molar-refractivity contribution >= 4 is 21.9 Å². The summed E-state index contributed by atoms with van der Waals surface area (Å²) in [5.74, 6) is -2.30. The Morgan fingerprint density at radius 1 is 1.56 bits per heavy atom. The molecule has 1 aromatic heterocycles. The van der Waals surface area contributed by atoms with Crippen molar-refractivity contribution in [3.8, 4) is 0 Å². The molecule has 1 heterocycles. The van der Waals surface area contributed by atoms with Crippen LogP contribution in [0.15, 0.2) is 6.07 Å². The van der Waals surface area contributed by atoms with E-state index in [1.165, 1.54) is 0 Å². The van der Waals surface area contributed by atoms with Gasteiger partial charge in [0.1, 0.15) is 0 Å². The molecule has 0 aliphatic heterocycles. The van der Waals surface area contributed by atoms with Gasteiger partial charge >= 0.3 is 5.97 Å². The van der Waals surface area contributed by atoms with E-state index in [9.17, 15) is 18.0 Å². The molecule has 1 N–H and O–H groups in total. The molecule has 0 aliphatic carbocycles. The lowest BCUT2D eigenvalue weighted by Crippen LogP contribution is -2.08. The monoisotopic (exact) mass is 297 g/mol. The maximum absolute atomic E-state index is 13.3. The molecule has 0 aliphatic rings. The van der Waals surface area contributed by atoms with Crippen LogP contribution in [-0.2, 0) is 16.5 Å². The molecule has 1 rings (SSSR count). The number of aliphatic carboxylic acids is 1. The number of pyridine rings is 1. The smallest absolute Gasteiger partial charge is 0.309 e. The highest BCUT2D eigenvalue weighted by Crippen LogP contribution is 2.25. The summed E-state index contributed by atoms with van der Waals surface area (Å²) in [6.07, 6.45) is -3.51. The first-order chi connectivity index (χ1) is 7.45. The molecule has 0 bridgehead atoms. The van der Waals surface area contributed by atoms with Gasteiger partial charge in [-0.25, -0.2) is 13.2 Å². The fraction of sp³-hybridized carbons (Fsp3) is 0.333. The molecular weight excluding hydrogens is 291 g/mol. The summed E-state index contributed by atoms with van der Waals surface area (Å²) in [5.41, 5.74) is -1.12. The van der Waals surface area contributed by atoms with Crippen molar-refractivity contribution in [1.82, 2.24) is 4.98 Å². The Balaban J connectivity index is 3.22. The number of hydrogen-bond acceptors (Lipinski definition) is 2. The van der Waals surface area contributed by atoms with Crippen LogP contribution in [0.2, 0.25) is 0 Å². The normalized spacial score (nSPS) is 10.8. The van der Waals surface area contributed by atoms with Gasteiger partial charge in [0.15, 0.2) is 5.82 Å². The number of alkyl halides is 3. The molecule has 0 radical (unpaired) electrons. The zero-order chi connectivity index (χ0) is 12.3. The van der Waals surface area contributed by atoms with Gasteiger partial charge in [0, 0.05) is 5.33 Å². The highest BCUT2D eigenvalue weighted by molar-refractivity contribution is 9.08. The second-order valence-corrected chi connectivity index (χ2v) is 3.53. The minimum absolute atomic E-state index is 0.0496. The summed E-state index contributed by atoms with van der Waals surface area (Å²) < 4.78 is 38.2. The molecule has 0 aromatic carbocycles. The Morgan fingerprint density at radius 3 is 2.62 bits per heavy atom. The van der Waals surface area contributed by atoms with Crippen LogP contribution in [0.5, 0.6) is 0 Å². The Labute approximate surface area is 97.4 Å². The van der Waals surface area contributed by atoms with Gasteiger partial charge in [-0.3, -0.25) is 9.78 Å². The Morgan fingerprint density at radius 2 is 2.19 bits per heavy atom. The predicted molar refractivity (Wildman–Crippen MR) is 53.1 cm³/mol. The van der Waals surface area contributed by atoms with Gasteiger partial charge in [-0.15, -0.1) is 0 Å². The Bertz CT molecular complexity index is 412. The van der Waals surface area contributed by atoms with E-state index in [0.717, 1.165) is 6.07 Å². The second kappa shape index (κ2) is 5.29. The van der Waals surface area contributed by atoms with Crippen molar-refractivity contribution in [2.24, 2.45) is 0 Å². The van der Waals surface area contributed by atoms with Crippen LogP contribution in [0.25, 0.3) is 0 Å². The van der Waals surface area contributed by atoms with E-state index >= 15 is 0 Å². The summed E-state index contributed by atoms with van der Waals surface area (Å²) in [6.45, 7) is 0. The third-order valence-corrected chi connectivity index (χ3v) is 2.33. The first kappa shape index (κ1) is 13.0. The van der Waals surface area contributed by atoms with Crippen molar-refractivity contribution < 1.29 is 23.1 Å². The molecule has 16 heavy (non-hydrogen) atoms. The van der Waals surface area contributed by atoms with E-state index in [2.05, 4.69) is 20.9 Å².